The third-order valence-electron chi connectivity index (χ3n) is 5.49. The predicted octanol–water partition coefficient (Wildman–Crippen LogP) is 4.94. The maximum Gasteiger partial charge on any atom is 0.407 e. The summed E-state index contributed by atoms with van der Waals surface area (Å²) >= 11 is 0. The molecule has 0 saturated heterocycles. The summed E-state index contributed by atoms with van der Waals surface area (Å²) in [5, 5.41) is 9.75. The van der Waals surface area contributed by atoms with E-state index in [-0.39, 0.29) is 5.41 Å². The average Bonchev–Trinajstić information content (AvgIpc) is 3.34. The zero-order valence-electron chi connectivity index (χ0n) is 16.4. The minimum atomic E-state index is -0.867. The van der Waals surface area contributed by atoms with Gasteiger partial charge in [0, 0.05) is 17.5 Å². The summed E-state index contributed by atoms with van der Waals surface area (Å²) in [6.07, 6.45) is 0.0831. The molecule has 2 aromatic carbocycles. The lowest BCUT2D eigenvalue weighted by molar-refractivity contribution is 0.0809. The Hall–Kier alpha value is -2.33. The molecule has 2 atom stereocenters. The summed E-state index contributed by atoms with van der Waals surface area (Å²) < 4.78 is 5.98. The first kappa shape index (κ1) is 19.4. The topological polar surface area (TPSA) is 49.8 Å². The highest BCUT2D eigenvalue weighted by Gasteiger charge is 2.57. The largest absolute Gasteiger partial charge is 0.465 e. The van der Waals surface area contributed by atoms with Crippen LogP contribution in [0, 0.1) is 5.92 Å². The Balaban J connectivity index is 1.72. The van der Waals surface area contributed by atoms with E-state index in [1.54, 1.807) is 4.90 Å². The molecular weight excluding hydrogens is 338 g/mol. The Kier molecular flexibility index (Phi) is 5.56. The highest BCUT2D eigenvalue weighted by atomic mass is 16.5. The van der Waals surface area contributed by atoms with Gasteiger partial charge in [-0.05, 0) is 44.2 Å². The van der Waals surface area contributed by atoms with Crippen molar-refractivity contribution in [3.8, 4) is 0 Å². The minimum Gasteiger partial charge on any atom is -0.465 e. The Bertz CT molecular complexity index is 754. The molecule has 0 spiro atoms. The fraction of sp³-hybridized carbons (Fsp3) is 0.435. The van der Waals surface area contributed by atoms with Crippen LogP contribution in [-0.4, -0.2) is 34.8 Å². The number of carboxylic acid groups (broad SMARTS) is 1. The van der Waals surface area contributed by atoms with Crippen molar-refractivity contribution >= 4 is 6.09 Å². The Morgan fingerprint density at radius 1 is 1.11 bits per heavy atom. The molecule has 1 saturated carbocycles. The van der Waals surface area contributed by atoms with Gasteiger partial charge in [-0.15, -0.1) is 0 Å². The average molecular weight is 367 g/mol. The van der Waals surface area contributed by atoms with Crippen LogP contribution in [-0.2, 0) is 16.8 Å². The number of amides is 1. The van der Waals surface area contributed by atoms with E-state index in [1.165, 1.54) is 5.56 Å². The molecule has 1 N–H and O–H groups in total. The van der Waals surface area contributed by atoms with Crippen molar-refractivity contribution in [2.24, 2.45) is 5.92 Å². The molecule has 144 valence electrons. The van der Waals surface area contributed by atoms with Crippen LogP contribution in [0.1, 0.15) is 38.3 Å². The molecule has 4 nitrogen and oxygen atoms in total. The Morgan fingerprint density at radius 3 is 2.26 bits per heavy atom. The molecule has 2 aromatic rings. The fourth-order valence-corrected chi connectivity index (χ4v) is 3.77. The summed E-state index contributed by atoms with van der Waals surface area (Å²) in [5.41, 5.74) is 1.76. The number of rotatable bonds is 7. The third kappa shape index (κ3) is 4.51. The van der Waals surface area contributed by atoms with Gasteiger partial charge in [-0.3, -0.25) is 0 Å². The fourth-order valence-electron chi connectivity index (χ4n) is 3.77. The maximum atomic E-state index is 11.9. The quantitative estimate of drug-likeness (QED) is 0.754. The summed E-state index contributed by atoms with van der Waals surface area (Å²) in [5.74, 6) is 0.327. The Morgan fingerprint density at radius 2 is 1.70 bits per heavy atom. The van der Waals surface area contributed by atoms with Gasteiger partial charge in [-0.25, -0.2) is 4.79 Å². The normalized spacial score (nSPS) is 21.7. The van der Waals surface area contributed by atoms with Crippen molar-refractivity contribution in [1.82, 2.24) is 4.90 Å². The molecule has 0 radical (unpaired) electrons. The number of carbonyl (C=O) groups is 1. The lowest BCUT2D eigenvalue weighted by atomic mass is 9.91. The van der Waals surface area contributed by atoms with E-state index in [2.05, 4.69) is 24.3 Å². The van der Waals surface area contributed by atoms with Crippen LogP contribution in [0.2, 0.25) is 0 Å². The van der Waals surface area contributed by atoms with Crippen molar-refractivity contribution in [2.45, 2.75) is 44.8 Å². The van der Waals surface area contributed by atoms with Gasteiger partial charge in [0.25, 0.3) is 0 Å². The van der Waals surface area contributed by atoms with Crippen LogP contribution < -0.4 is 0 Å². The van der Waals surface area contributed by atoms with Crippen molar-refractivity contribution in [3.63, 3.8) is 0 Å². The van der Waals surface area contributed by atoms with Gasteiger partial charge >= 0.3 is 6.09 Å². The first-order valence-electron chi connectivity index (χ1n) is 9.51. The van der Waals surface area contributed by atoms with Gasteiger partial charge in [-0.2, -0.15) is 0 Å². The highest BCUT2D eigenvalue weighted by molar-refractivity contribution is 5.66. The van der Waals surface area contributed by atoms with E-state index in [9.17, 15) is 9.90 Å². The second-order valence-electron chi connectivity index (χ2n) is 8.46. The number of ether oxygens (including phenoxy) is 1. The van der Waals surface area contributed by atoms with Crippen molar-refractivity contribution in [3.05, 3.63) is 71.8 Å². The zero-order chi connectivity index (χ0) is 19.5. The van der Waals surface area contributed by atoms with Crippen LogP contribution in [0.3, 0.4) is 0 Å². The van der Waals surface area contributed by atoms with Crippen molar-refractivity contribution in [1.29, 1.82) is 0 Å². The second kappa shape index (κ2) is 7.73. The molecule has 3 rings (SSSR count). The molecular formula is C23H29NO3. The van der Waals surface area contributed by atoms with E-state index in [0.29, 0.717) is 25.7 Å². The number of hydrogen-bond donors (Lipinski definition) is 1. The first-order valence-corrected chi connectivity index (χ1v) is 9.51. The summed E-state index contributed by atoms with van der Waals surface area (Å²) in [6.45, 7) is 7.57. The van der Waals surface area contributed by atoms with Crippen LogP contribution in [0.25, 0.3) is 0 Å². The van der Waals surface area contributed by atoms with Crippen LogP contribution in [0.4, 0.5) is 4.79 Å². The smallest absolute Gasteiger partial charge is 0.407 e. The highest BCUT2D eigenvalue weighted by Crippen LogP contribution is 2.55. The zero-order valence-corrected chi connectivity index (χ0v) is 16.4. The number of benzene rings is 2. The molecule has 1 aliphatic carbocycles. The summed E-state index contributed by atoms with van der Waals surface area (Å²) in [4.78, 5) is 13.5. The maximum absolute atomic E-state index is 11.9. The van der Waals surface area contributed by atoms with E-state index < -0.39 is 11.6 Å². The molecule has 27 heavy (non-hydrogen) atoms. The molecule has 1 aliphatic rings. The van der Waals surface area contributed by atoms with E-state index in [4.69, 9.17) is 4.74 Å². The molecule has 0 aliphatic heterocycles. The standard InChI is InChI=1S/C23H29NO3/c1-22(2,3)24(21(25)26)17-23(19-12-8-5-9-13-19)14-20(23)16-27-15-18-10-6-4-7-11-18/h4-13,20H,14-17H2,1-3H3,(H,25,26)/t20-,23+/m0/s1. The van der Waals surface area contributed by atoms with Gasteiger partial charge in [0.1, 0.15) is 0 Å². The number of nitrogens with zero attached hydrogens (tertiary/aromatic N) is 1. The second-order valence-corrected chi connectivity index (χ2v) is 8.46. The SMILES string of the molecule is CC(C)(C)N(C[C@@]1(c2ccccc2)C[C@H]1COCc1ccccc1)C(=O)O. The lowest BCUT2D eigenvalue weighted by Crippen LogP contribution is -2.49. The van der Waals surface area contributed by atoms with Crippen LogP contribution in [0.5, 0.6) is 0 Å². The van der Waals surface area contributed by atoms with E-state index >= 15 is 0 Å². The van der Waals surface area contributed by atoms with Crippen LogP contribution >= 0.6 is 0 Å². The molecule has 1 fully saturated rings. The first-order chi connectivity index (χ1) is 12.8. The van der Waals surface area contributed by atoms with Gasteiger partial charge in [0.05, 0.1) is 13.2 Å². The molecule has 0 unspecified atom stereocenters. The van der Waals surface area contributed by atoms with Crippen molar-refractivity contribution < 1.29 is 14.6 Å². The predicted molar refractivity (Wildman–Crippen MR) is 107 cm³/mol. The molecule has 4 heteroatoms. The van der Waals surface area contributed by atoms with Gasteiger partial charge in [-0.1, -0.05) is 60.7 Å². The molecule has 0 bridgehead atoms. The number of hydrogen-bond acceptors (Lipinski definition) is 2. The van der Waals surface area contributed by atoms with Crippen LogP contribution in [0.15, 0.2) is 60.7 Å². The monoisotopic (exact) mass is 367 g/mol. The Labute approximate surface area is 161 Å². The lowest BCUT2D eigenvalue weighted by Gasteiger charge is -2.36. The molecule has 0 aromatic heterocycles. The molecule has 0 heterocycles. The summed E-state index contributed by atoms with van der Waals surface area (Å²) in [7, 11) is 0. The van der Waals surface area contributed by atoms with Gasteiger partial charge in [0.15, 0.2) is 0 Å². The van der Waals surface area contributed by atoms with E-state index in [1.807, 2.05) is 57.2 Å². The minimum absolute atomic E-state index is 0.163. The van der Waals surface area contributed by atoms with E-state index in [0.717, 1.165) is 12.0 Å². The molecule has 1 amide bonds. The van der Waals surface area contributed by atoms with Gasteiger partial charge in [0.2, 0.25) is 0 Å². The summed E-state index contributed by atoms with van der Waals surface area (Å²) in [6, 6.07) is 20.4. The third-order valence-corrected chi connectivity index (χ3v) is 5.49. The van der Waals surface area contributed by atoms with Gasteiger partial charge < -0.3 is 14.7 Å². The van der Waals surface area contributed by atoms with Crippen molar-refractivity contribution in [2.75, 3.05) is 13.2 Å².